The number of non-ortho nitro benzene ring substituents is 1. The first-order chi connectivity index (χ1) is 12.6. The van der Waals surface area contributed by atoms with Gasteiger partial charge in [0.1, 0.15) is 11.5 Å². The van der Waals surface area contributed by atoms with E-state index in [4.69, 9.17) is 16.6 Å². The molecule has 2 N–H and O–H groups in total. The smallest absolute Gasteiger partial charge is 0.270 e. The van der Waals surface area contributed by atoms with Gasteiger partial charge in [-0.2, -0.15) is 5.10 Å². The molecule has 2 aromatic rings. The molecule has 26 heavy (non-hydrogen) atoms. The summed E-state index contributed by atoms with van der Waals surface area (Å²) in [5.41, 5.74) is 3.46. The van der Waals surface area contributed by atoms with Crippen LogP contribution in [0.4, 0.5) is 5.69 Å². The van der Waals surface area contributed by atoms with Crippen LogP contribution in [0.3, 0.4) is 0 Å². The summed E-state index contributed by atoms with van der Waals surface area (Å²) in [6, 6.07) is 10.2. The summed E-state index contributed by atoms with van der Waals surface area (Å²) in [7, 11) is 0. The molecule has 0 unspecified atom stereocenters. The maximum atomic E-state index is 10.9. The summed E-state index contributed by atoms with van der Waals surface area (Å²) < 4.78 is 5.66. The number of nitro benzene ring substituents is 1. The van der Waals surface area contributed by atoms with E-state index in [-0.39, 0.29) is 5.69 Å². The average molecular weight is 372 g/mol. The number of nitro groups is 1. The zero-order valence-corrected chi connectivity index (χ0v) is 15.0. The number of rotatable bonds is 5. The van der Waals surface area contributed by atoms with E-state index in [0.29, 0.717) is 28.2 Å². The van der Waals surface area contributed by atoms with Gasteiger partial charge >= 0.3 is 0 Å². The maximum Gasteiger partial charge on any atom is 0.270 e. The van der Waals surface area contributed by atoms with Crippen molar-refractivity contribution in [1.29, 1.82) is 0 Å². The Morgan fingerprint density at radius 3 is 2.85 bits per heavy atom. The van der Waals surface area contributed by atoms with E-state index in [0.717, 1.165) is 12.8 Å². The molecule has 0 atom stereocenters. The topological polar surface area (TPSA) is 92.7 Å². The van der Waals surface area contributed by atoms with Crippen molar-refractivity contribution < 1.29 is 9.34 Å². The van der Waals surface area contributed by atoms with E-state index >= 15 is 0 Å². The second-order valence-corrected chi connectivity index (χ2v) is 6.60. The molecule has 0 bridgehead atoms. The van der Waals surface area contributed by atoms with Crippen molar-refractivity contribution in [2.75, 3.05) is 0 Å². The number of nitrogens with zero attached hydrogens (tertiary/aromatic N) is 2. The van der Waals surface area contributed by atoms with Crippen LogP contribution in [0.15, 0.2) is 45.9 Å². The van der Waals surface area contributed by atoms with Gasteiger partial charge in [-0.1, -0.05) is 31.4 Å². The lowest BCUT2D eigenvalue weighted by molar-refractivity contribution is -0.384. The Morgan fingerprint density at radius 2 is 2.08 bits per heavy atom. The fraction of sp³-hybridized carbons (Fsp3) is 0.333. The van der Waals surface area contributed by atoms with Crippen LogP contribution in [0.1, 0.15) is 37.9 Å². The summed E-state index contributed by atoms with van der Waals surface area (Å²) in [6.07, 6.45) is 7.55. The number of hydrazone groups is 1. The second kappa shape index (κ2) is 8.57. The number of hydrogen-bond donors (Lipinski definition) is 2. The van der Waals surface area contributed by atoms with E-state index in [1.807, 2.05) is 0 Å². The van der Waals surface area contributed by atoms with Gasteiger partial charge in [0.2, 0.25) is 0 Å². The number of furan rings is 1. The van der Waals surface area contributed by atoms with Crippen molar-refractivity contribution in [1.82, 2.24) is 10.7 Å². The third kappa shape index (κ3) is 4.89. The predicted molar refractivity (Wildman–Crippen MR) is 104 cm³/mol. The van der Waals surface area contributed by atoms with Crippen LogP contribution in [0, 0.1) is 10.1 Å². The quantitative estimate of drug-likeness (QED) is 0.357. The van der Waals surface area contributed by atoms with Crippen LogP contribution in [0.25, 0.3) is 11.3 Å². The monoisotopic (exact) mass is 372 g/mol. The molecule has 1 saturated carbocycles. The Kier molecular flexibility index (Phi) is 5.96. The van der Waals surface area contributed by atoms with E-state index < -0.39 is 4.92 Å². The van der Waals surface area contributed by atoms with Crippen molar-refractivity contribution in [3.8, 4) is 11.3 Å². The van der Waals surface area contributed by atoms with E-state index in [1.54, 1.807) is 24.3 Å². The predicted octanol–water partition coefficient (Wildman–Crippen LogP) is 3.99. The molecule has 0 spiro atoms. The average Bonchev–Trinajstić information content (AvgIpc) is 3.11. The number of hydrogen-bond acceptors (Lipinski definition) is 5. The zero-order chi connectivity index (χ0) is 18.4. The Hall–Kier alpha value is -2.74. The minimum atomic E-state index is -0.432. The highest BCUT2D eigenvalue weighted by molar-refractivity contribution is 7.80. The lowest BCUT2D eigenvalue weighted by Gasteiger charge is -2.23. The van der Waals surface area contributed by atoms with Gasteiger partial charge in [-0.3, -0.25) is 15.5 Å². The first-order valence-corrected chi connectivity index (χ1v) is 8.97. The highest BCUT2D eigenvalue weighted by Gasteiger charge is 2.13. The lowest BCUT2D eigenvalue weighted by Crippen LogP contribution is -2.40. The van der Waals surface area contributed by atoms with Crippen LogP contribution in [0.2, 0.25) is 0 Å². The molecule has 0 saturated heterocycles. The van der Waals surface area contributed by atoms with Crippen molar-refractivity contribution in [2.24, 2.45) is 5.10 Å². The SMILES string of the molecule is O=[N+]([O-])c1cccc(-c2ccc(/C=N\NC(=S)NC3CCCCC3)o2)c1. The fourth-order valence-corrected chi connectivity index (χ4v) is 3.19. The minimum absolute atomic E-state index is 0.0231. The Morgan fingerprint density at radius 1 is 1.27 bits per heavy atom. The van der Waals surface area contributed by atoms with Crippen molar-refractivity contribution in [2.45, 2.75) is 38.1 Å². The van der Waals surface area contributed by atoms with Crippen molar-refractivity contribution >= 4 is 29.2 Å². The summed E-state index contributed by atoms with van der Waals surface area (Å²) >= 11 is 5.24. The standard InChI is InChI=1S/C18H20N4O3S/c23-22(24)15-8-4-5-13(11-15)17-10-9-16(25-17)12-19-21-18(26)20-14-6-2-1-3-7-14/h4-5,8-12,14H,1-3,6-7H2,(H2,20,21,26)/b19-12-. The Labute approximate surface area is 156 Å². The first-order valence-electron chi connectivity index (χ1n) is 8.56. The maximum absolute atomic E-state index is 10.9. The molecular formula is C18H20N4O3S. The molecule has 8 heteroatoms. The van der Waals surface area contributed by atoms with Gasteiger partial charge in [0.15, 0.2) is 5.11 Å². The summed E-state index contributed by atoms with van der Waals surface area (Å²) in [5, 5.41) is 18.7. The van der Waals surface area contributed by atoms with Gasteiger partial charge in [-0.15, -0.1) is 0 Å². The molecule has 0 radical (unpaired) electrons. The molecule has 3 rings (SSSR count). The molecule has 0 amide bonds. The second-order valence-electron chi connectivity index (χ2n) is 6.19. The van der Waals surface area contributed by atoms with Gasteiger partial charge in [-0.05, 0) is 37.2 Å². The normalized spacial score (nSPS) is 15.1. The molecule has 7 nitrogen and oxygen atoms in total. The highest BCUT2D eigenvalue weighted by Crippen LogP contribution is 2.25. The van der Waals surface area contributed by atoms with Gasteiger partial charge < -0.3 is 9.73 Å². The Bertz CT molecular complexity index is 812. The fourth-order valence-electron chi connectivity index (χ4n) is 2.97. The molecule has 0 aliphatic heterocycles. The Balaban J connectivity index is 1.56. The number of benzene rings is 1. The summed E-state index contributed by atoms with van der Waals surface area (Å²) in [6.45, 7) is 0. The third-order valence-corrected chi connectivity index (χ3v) is 4.48. The van der Waals surface area contributed by atoms with Gasteiger partial charge in [-0.25, -0.2) is 0 Å². The van der Waals surface area contributed by atoms with E-state index in [2.05, 4.69) is 15.8 Å². The summed E-state index contributed by atoms with van der Waals surface area (Å²) in [4.78, 5) is 10.4. The van der Waals surface area contributed by atoms with E-state index in [9.17, 15) is 10.1 Å². The molecule has 1 heterocycles. The van der Waals surface area contributed by atoms with Crippen LogP contribution in [-0.2, 0) is 0 Å². The highest BCUT2D eigenvalue weighted by atomic mass is 32.1. The van der Waals surface area contributed by atoms with Gasteiger partial charge in [0.25, 0.3) is 5.69 Å². The third-order valence-electron chi connectivity index (χ3n) is 4.27. The molecule has 136 valence electrons. The van der Waals surface area contributed by atoms with E-state index in [1.165, 1.54) is 37.6 Å². The van der Waals surface area contributed by atoms with Gasteiger partial charge in [0.05, 0.1) is 11.1 Å². The largest absolute Gasteiger partial charge is 0.455 e. The summed E-state index contributed by atoms with van der Waals surface area (Å²) in [5.74, 6) is 1.07. The number of nitrogens with one attached hydrogen (secondary N) is 2. The molecular weight excluding hydrogens is 352 g/mol. The number of thiocarbonyl (C=S) groups is 1. The first kappa shape index (κ1) is 18.1. The molecule has 1 aliphatic rings. The van der Waals surface area contributed by atoms with Crippen molar-refractivity contribution in [3.05, 3.63) is 52.3 Å². The molecule has 1 aliphatic carbocycles. The molecule has 1 aromatic heterocycles. The minimum Gasteiger partial charge on any atom is -0.455 e. The van der Waals surface area contributed by atoms with Crippen LogP contribution >= 0.6 is 12.2 Å². The lowest BCUT2D eigenvalue weighted by atomic mass is 9.96. The van der Waals surface area contributed by atoms with Crippen LogP contribution in [0.5, 0.6) is 0 Å². The van der Waals surface area contributed by atoms with Crippen LogP contribution < -0.4 is 10.7 Å². The zero-order valence-electron chi connectivity index (χ0n) is 14.2. The van der Waals surface area contributed by atoms with Crippen LogP contribution in [-0.4, -0.2) is 22.3 Å². The van der Waals surface area contributed by atoms with Gasteiger partial charge in [0, 0.05) is 23.7 Å². The molecule has 1 fully saturated rings. The molecule has 1 aromatic carbocycles. The van der Waals surface area contributed by atoms with Crippen molar-refractivity contribution in [3.63, 3.8) is 0 Å².